The number of methoxy groups -OCH3 is 1. The van der Waals surface area contributed by atoms with Crippen LogP contribution in [0, 0.1) is 0 Å². The average molecular weight is 413 g/mol. The summed E-state index contributed by atoms with van der Waals surface area (Å²) in [4.78, 5) is 29.0. The van der Waals surface area contributed by atoms with Gasteiger partial charge in [-0.05, 0) is 31.0 Å². The fourth-order valence-corrected chi connectivity index (χ4v) is 3.84. The smallest absolute Gasteiger partial charge is 0.341 e. The van der Waals surface area contributed by atoms with Gasteiger partial charge < -0.3 is 19.4 Å². The maximum absolute atomic E-state index is 12.6. The Bertz CT molecular complexity index is 949. The zero-order chi connectivity index (χ0) is 20.6. The molecule has 0 atom stereocenters. The van der Waals surface area contributed by atoms with Crippen LogP contribution in [0.3, 0.4) is 0 Å². The maximum Gasteiger partial charge on any atom is 0.341 e. The molecule has 0 aliphatic carbocycles. The first-order valence-electron chi connectivity index (χ1n) is 9.31. The Kier molecular flexibility index (Phi) is 7.02. The number of carbonyl (C=O) groups is 2. The van der Waals surface area contributed by atoms with Crippen molar-refractivity contribution in [3.8, 4) is 16.9 Å². The highest BCUT2D eigenvalue weighted by atomic mass is 32.1. The number of carbonyl (C=O) groups excluding carboxylic acids is 2. The lowest BCUT2D eigenvalue weighted by molar-refractivity contribution is -0.116. The van der Waals surface area contributed by atoms with Gasteiger partial charge in [-0.15, -0.1) is 11.3 Å². The molecule has 1 amide bonds. The molecule has 0 spiro atoms. The summed E-state index contributed by atoms with van der Waals surface area (Å²) in [7, 11) is 1.60. The minimum Gasteiger partial charge on any atom is -0.497 e. The molecule has 2 aromatic heterocycles. The molecule has 0 aliphatic heterocycles. The van der Waals surface area contributed by atoms with E-state index >= 15 is 0 Å². The van der Waals surface area contributed by atoms with E-state index in [9.17, 15) is 9.59 Å². The fourth-order valence-electron chi connectivity index (χ4n) is 2.87. The van der Waals surface area contributed by atoms with Crippen LogP contribution >= 0.6 is 11.3 Å². The summed E-state index contributed by atoms with van der Waals surface area (Å²) < 4.78 is 12.3. The highest BCUT2D eigenvalue weighted by molar-refractivity contribution is 7.15. The van der Waals surface area contributed by atoms with Crippen molar-refractivity contribution in [1.29, 1.82) is 0 Å². The normalized spacial score (nSPS) is 10.6. The number of thiophene rings is 1. The van der Waals surface area contributed by atoms with Crippen molar-refractivity contribution < 1.29 is 19.1 Å². The van der Waals surface area contributed by atoms with E-state index in [4.69, 9.17) is 9.47 Å². The molecule has 29 heavy (non-hydrogen) atoms. The van der Waals surface area contributed by atoms with Gasteiger partial charge in [-0.3, -0.25) is 4.79 Å². The lowest BCUT2D eigenvalue weighted by Gasteiger charge is -2.09. The van der Waals surface area contributed by atoms with Gasteiger partial charge in [0.25, 0.3) is 0 Å². The Morgan fingerprint density at radius 3 is 2.69 bits per heavy atom. The molecule has 0 aliphatic rings. The van der Waals surface area contributed by atoms with Crippen molar-refractivity contribution >= 4 is 28.2 Å². The Morgan fingerprint density at radius 2 is 2.03 bits per heavy atom. The first-order chi connectivity index (χ1) is 14.1. The predicted octanol–water partition coefficient (Wildman–Crippen LogP) is 4.22. The van der Waals surface area contributed by atoms with Crippen molar-refractivity contribution in [3.63, 3.8) is 0 Å². The predicted molar refractivity (Wildman–Crippen MR) is 112 cm³/mol. The average Bonchev–Trinajstić information content (AvgIpc) is 3.38. The highest BCUT2D eigenvalue weighted by Gasteiger charge is 2.22. The summed E-state index contributed by atoms with van der Waals surface area (Å²) in [6, 6.07) is 7.41. The summed E-state index contributed by atoms with van der Waals surface area (Å²) in [5, 5.41) is 5.23. The lowest BCUT2D eigenvalue weighted by atomic mass is 10.0. The molecule has 8 heteroatoms. The number of aryl methyl sites for hydroxylation is 1. The van der Waals surface area contributed by atoms with Crippen LogP contribution in [0.4, 0.5) is 5.00 Å². The van der Waals surface area contributed by atoms with Crippen LogP contribution < -0.4 is 10.1 Å². The highest BCUT2D eigenvalue weighted by Crippen LogP contribution is 2.37. The van der Waals surface area contributed by atoms with Crippen LogP contribution in [-0.2, 0) is 16.1 Å². The van der Waals surface area contributed by atoms with E-state index in [0.717, 1.165) is 16.9 Å². The van der Waals surface area contributed by atoms with E-state index in [1.165, 1.54) is 11.3 Å². The second-order valence-corrected chi connectivity index (χ2v) is 7.13. The summed E-state index contributed by atoms with van der Waals surface area (Å²) in [6.45, 7) is 2.72. The summed E-state index contributed by atoms with van der Waals surface area (Å²) in [6.07, 6.45) is 6.30. The molecular weight excluding hydrogens is 390 g/mol. The SMILES string of the molecule is CCOC(=O)c1c(-c2ccc(OC)cc2)csc1NC(=O)CCCn1ccnc1. The van der Waals surface area contributed by atoms with Gasteiger partial charge in [0.2, 0.25) is 5.91 Å². The molecule has 0 radical (unpaired) electrons. The molecule has 0 saturated heterocycles. The molecule has 3 aromatic rings. The molecule has 3 rings (SSSR count). The monoisotopic (exact) mass is 413 g/mol. The molecule has 0 unspecified atom stereocenters. The number of ether oxygens (including phenoxy) is 2. The van der Waals surface area contributed by atoms with Crippen LogP contribution in [0.25, 0.3) is 11.1 Å². The number of imidazole rings is 1. The van der Waals surface area contributed by atoms with Gasteiger partial charge in [0.15, 0.2) is 0 Å². The molecule has 7 nitrogen and oxygen atoms in total. The molecule has 0 saturated carbocycles. The largest absolute Gasteiger partial charge is 0.497 e. The second kappa shape index (κ2) is 9.88. The molecular formula is C21H23N3O4S. The van der Waals surface area contributed by atoms with E-state index in [0.29, 0.717) is 30.0 Å². The van der Waals surface area contributed by atoms with Gasteiger partial charge in [0, 0.05) is 36.3 Å². The molecule has 1 aromatic carbocycles. The number of esters is 1. The number of benzene rings is 1. The number of anilines is 1. The molecule has 2 heterocycles. The standard InChI is InChI=1S/C21H23N3O4S/c1-3-28-21(26)19-17(15-6-8-16(27-2)9-7-15)13-29-20(19)23-18(25)5-4-11-24-12-10-22-14-24/h6-10,12-14H,3-5,11H2,1-2H3,(H,23,25). The summed E-state index contributed by atoms with van der Waals surface area (Å²) >= 11 is 1.32. The zero-order valence-corrected chi connectivity index (χ0v) is 17.2. The Hall–Kier alpha value is -3.13. The van der Waals surface area contributed by atoms with Crippen LogP contribution in [0.2, 0.25) is 0 Å². The molecule has 152 valence electrons. The van der Waals surface area contributed by atoms with Crippen LogP contribution in [-0.4, -0.2) is 35.1 Å². The number of hydrogen-bond donors (Lipinski definition) is 1. The fraction of sp³-hybridized carbons (Fsp3) is 0.286. The van der Waals surface area contributed by atoms with Gasteiger partial charge in [0.05, 0.1) is 20.0 Å². The Balaban J connectivity index is 1.75. The maximum atomic E-state index is 12.6. The van der Waals surface area contributed by atoms with Gasteiger partial charge in [-0.25, -0.2) is 9.78 Å². The van der Waals surface area contributed by atoms with Gasteiger partial charge in [0.1, 0.15) is 16.3 Å². The molecule has 1 N–H and O–H groups in total. The Morgan fingerprint density at radius 1 is 1.24 bits per heavy atom. The lowest BCUT2D eigenvalue weighted by Crippen LogP contribution is -2.15. The van der Waals surface area contributed by atoms with E-state index in [2.05, 4.69) is 10.3 Å². The first-order valence-corrected chi connectivity index (χ1v) is 10.2. The van der Waals surface area contributed by atoms with Crippen molar-refractivity contribution in [2.24, 2.45) is 0 Å². The number of aromatic nitrogens is 2. The van der Waals surface area contributed by atoms with Crippen molar-refractivity contribution in [3.05, 3.63) is 53.9 Å². The van der Waals surface area contributed by atoms with Crippen LogP contribution in [0.15, 0.2) is 48.4 Å². The minimum absolute atomic E-state index is 0.140. The van der Waals surface area contributed by atoms with E-state index < -0.39 is 5.97 Å². The van der Waals surface area contributed by atoms with Gasteiger partial charge in [-0.1, -0.05) is 12.1 Å². The van der Waals surface area contributed by atoms with Crippen LogP contribution in [0.1, 0.15) is 30.1 Å². The number of hydrogen-bond acceptors (Lipinski definition) is 6. The third kappa shape index (κ3) is 5.23. The summed E-state index contributed by atoms with van der Waals surface area (Å²) in [5.74, 6) is 0.139. The topological polar surface area (TPSA) is 82.5 Å². The van der Waals surface area contributed by atoms with E-state index in [1.807, 2.05) is 40.4 Å². The summed E-state index contributed by atoms with van der Waals surface area (Å²) in [5.41, 5.74) is 1.96. The minimum atomic E-state index is -0.451. The quantitative estimate of drug-likeness (QED) is 0.531. The molecule has 0 bridgehead atoms. The van der Waals surface area contributed by atoms with Crippen molar-refractivity contribution in [1.82, 2.24) is 9.55 Å². The third-order valence-electron chi connectivity index (χ3n) is 4.30. The third-order valence-corrected chi connectivity index (χ3v) is 5.20. The number of nitrogens with one attached hydrogen (secondary N) is 1. The van der Waals surface area contributed by atoms with Crippen molar-refractivity contribution in [2.75, 3.05) is 19.0 Å². The second-order valence-electron chi connectivity index (χ2n) is 6.25. The number of amides is 1. The molecule has 0 fully saturated rings. The first kappa shape index (κ1) is 20.6. The van der Waals surface area contributed by atoms with Gasteiger partial charge >= 0.3 is 5.97 Å². The van der Waals surface area contributed by atoms with E-state index in [1.54, 1.807) is 26.6 Å². The zero-order valence-electron chi connectivity index (χ0n) is 16.4. The van der Waals surface area contributed by atoms with Crippen LogP contribution in [0.5, 0.6) is 5.75 Å². The van der Waals surface area contributed by atoms with E-state index in [-0.39, 0.29) is 12.5 Å². The number of rotatable bonds is 9. The Labute approximate surface area is 173 Å². The van der Waals surface area contributed by atoms with Gasteiger partial charge in [-0.2, -0.15) is 0 Å². The number of nitrogens with zero attached hydrogens (tertiary/aromatic N) is 2. The van der Waals surface area contributed by atoms with Crippen molar-refractivity contribution in [2.45, 2.75) is 26.3 Å².